The van der Waals surface area contributed by atoms with Gasteiger partial charge in [0.05, 0.1) is 17.0 Å². The van der Waals surface area contributed by atoms with E-state index in [1.165, 1.54) is 8.87 Å². The van der Waals surface area contributed by atoms with Crippen LogP contribution in [0.2, 0.25) is 0 Å². The Morgan fingerprint density at radius 3 is 2.58 bits per heavy atom. The summed E-state index contributed by atoms with van der Waals surface area (Å²) in [5, 5.41) is 2.96. The van der Waals surface area contributed by atoms with Crippen LogP contribution in [0.1, 0.15) is 36.5 Å². The molecule has 0 bridgehead atoms. The summed E-state index contributed by atoms with van der Waals surface area (Å²) in [4.78, 5) is 25.0. The second kappa shape index (κ2) is 8.58. The third-order valence-electron chi connectivity index (χ3n) is 5.57. The number of carbonyl (C=O) groups is 1. The lowest BCUT2D eigenvalue weighted by atomic mass is 10.1. The normalized spacial score (nSPS) is 16.9. The summed E-state index contributed by atoms with van der Waals surface area (Å²) in [6, 6.07) is 13.5. The van der Waals surface area contributed by atoms with Gasteiger partial charge in [-0.1, -0.05) is 19.1 Å². The van der Waals surface area contributed by atoms with Crippen molar-refractivity contribution in [2.24, 2.45) is 0 Å². The van der Waals surface area contributed by atoms with Crippen molar-refractivity contribution in [3.05, 3.63) is 64.6 Å². The summed E-state index contributed by atoms with van der Waals surface area (Å²) in [5.74, 6) is -0.586. The van der Waals surface area contributed by atoms with E-state index in [9.17, 15) is 18.0 Å². The monoisotopic (exact) mass is 443 g/mol. The molecule has 9 heteroatoms. The summed E-state index contributed by atoms with van der Waals surface area (Å²) in [5.41, 5.74) is 2.20. The van der Waals surface area contributed by atoms with E-state index in [-0.39, 0.29) is 17.7 Å². The average Bonchev–Trinajstić information content (AvgIpc) is 3.08. The Labute approximate surface area is 180 Å². The van der Waals surface area contributed by atoms with Gasteiger partial charge in [-0.05, 0) is 55.7 Å². The summed E-state index contributed by atoms with van der Waals surface area (Å²) in [6.07, 6.45) is 2.12. The zero-order valence-corrected chi connectivity index (χ0v) is 18.1. The molecule has 0 spiro atoms. The highest BCUT2D eigenvalue weighted by Gasteiger charge is 2.26. The molecule has 0 saturated carbocycles. The van der Waals surface area contributed by atoms with Gasteiger partial charge in [0.2, 0.25) is 10.0 Å². The van der Waals surface area contributed by atoms with Gasteiger partial charge in [-0.2, -0.15) is 0 Å². The molecule has 31 heavy (non-hydrogen) atoms. The largest absolute Gasteiger partial charge is 0.420 e. The number of carbonyl (C=O) groups excluding carboxylic acids is 1. The number of aromatic nitrogens is 1. The predicted octanol–water partition coefficient (Wildman–Crippen LogP) is 2.73. The van der Waals surface area contributed by atoms with E-state index in [0.29, 0.717) is 48.3 Å². The number of hydrogen-bond acceptors (Lipinski definition) is 5. The topological polar surface area (TPSA) is 102 Å². The van der Waals surface area contributed by atoms with Crippen molar-refractivity contribution in [2.45, 2.75) is 38.8 Å². The Morgan fingerprint density at radius 2 is 1.87 bits per heavy atom. The molecule has 0 aliphatic carbocycles. The molecule has 2 heterocycles. The number of rotatable bonds is 6. The van der Waals surface area contributed by atoms with E-state index in [0.717, 1.165) is 6.42 Å². The van der Waals surface area contributed by atoms with Gasteiger partial charge in [0, 0.05) is 24.7 Å². The van der Waals surface area contributed by atoms with E-state index in [1.54, 1.807) is 36.4 Å². The molecule has 2 aromatic carbocycles. The number of para-hydroxylation sites is 2. The molecule has 0 radical (unpaired) electrons. The van der Waals surface area contributed by atoms with Crippen molar-refractivity contribution >= 4 is 32.7 Å². The first-order valence-corrected chi connectivity index (χ1v) is 12.0. The zero-order valence-electron chi connectivity index (χ0n) is 17.3. The fraction of sp³-hybridized carbons (Fsp3) is 0.364. The van der Waals surface area contributed by atoms with Crippen LogP contribution in [0.4, 0.5) is 5.69 Å². The summed E-state index contributed by atoms with van der Waals surface area (Å²) < 4.78 is 32.7. The van der Waals surface area contributed by atoms with Crippen LogP contribution >= 0.6 is 0 Å². The number of nitrogens with one attached hydrogen (secondary N) is 1. The molecule has 4 rings (SSSR count). The highest BCUT2D eigenvalue weighted by atomic mass is 32.2. The maximum absolute atomic E-state index is 12.8. The van der Waals surface area contributed by atoms with Gasteiger partial charge in [-0.15, -0.1) is 0 Å². The van der Waals surface area contributed by atoms with Crippen LogP contribution in [0.5, 0.6) is 0 Å². The second-order valence-electron chi connectivity index (χ2n) is 7.67. The first-order chi connectivity index (χ1) is 14.9. The van der Waals surface area contributed by atoms with E-state index in [4.69, 9.17) is 4.42 Å². The van der Waals surface area contributed by atoms with Crippen molar-refractivity contribution in [3.63, 3.8) is 0 Å². The number of oxazole rings is 1. The van der Waals surface area contributed by atoms with Gasteiger partial charge in [0.25, 0.3) is 5.91 Å². The van der Waals surface area contributed by atoms with Gasteiger partial charge in [0.1, 0.15) is 0 Å². The van der Waals surface area contributed by atoms with Gasteiger partial charge in [0.15, 0.2) is 5.58 Å². The lowest BCUT2D eigenvalue weighted by molar-refractivity contribution is 0.0931. The van der Waals surface area contributed by atoms with E-state index >= 15 is 0 Å². The van der Waals surface area contributed by atoms with Gasteiger partial charge in [-0.25, -0.2) is 13.2 Å². The standard InChI is InChI=1S/C22H25N3O5S/c1-2-17(15-24-19-7-3-4-8-20(19)30-22(24)27)23-21(26)16-9-11-18(12-10-16)25-13-5-6-14-31(25,28)29/h3-4,7-12,17H,2,5-6,13-15H2,1H3,(H,23,26)/t17-/m1/s1. The predicted molar refractivity (Wildman–Crippen MR) is 119 cm³/mol. The van der Waals surface area contributed by atoms with Crippen molar-refractivity contribution in [1.82, 2.24) is 9.88 Å². The number of nitrogens with zero attached hydrogens (tertiary/aromatic N) is 2. The zero-order chi connectivity index (χ0) is 22.0. The molecular formula is C22H25N3O5S. The quantitative estimate of drug-likeness (QED) is 0.631. The molecule has 1 saturated heterocycles. The smallest absolute Gasteiger partial charge is 0.408 e. The minimum Gasteiger partial charge on any atom is -0.408 e. The van der Waals surface area contributed by atoms with E-state index in [2.05, 4.69) is 5.32 Å². The summed E-state index contributed by atoms with van der Waals surface area (Å²) in [6.45, 7) is 2.68. The Hall–Kier alpha value is -3.07. The molecule has 3 aromatic rings. The molecule has 1 aliphatic rings. The van der Waals surface area contributed by atoms with E-state index < -0.39 is 15.8 Å². The Balaban J connectivity index is 1.47. The molecular weight excluding hydrogens is 418 g/mol. The maximum Gasteiger partial charge on any atom is 0.420 e. The highest BCUT2D eigenvalue weighted by Crippen LogP contribution is 2.24. The first-order valence-electron chi connectivity index (χ1n) is 10.4. The fourth-order valence-corrected chi connectivity index (χ4v) is 5.45. The molecule has 1 fully saturated rings. The van der Waals surface area contributed by atoms with Crippen LogP contribution in [0, 0.1) is 0 Å². The van der Waals surface area contributed by atoms with Gasteiger partial charge < -0.3 is 9.73 Å². The molecule has 1 amide bonds. The lowest BCUT2D eigenvalue weighted by Crippen LogP contribution is -2.39. The molecule has 164 valence electrons. The number of anilines is 1. The number of sulfonamides is 1. The molecule has 8 nitrogen and oxygen atoms in total. The lowest BCUT2D eigenvalue weighted by Gasteiger charge is -2.28. The average molecular weight is 444 g/mol. The second-order valence-corrected chi connectivity index (χ2v) is 9.68. The van der Waals surface area contributed by atoms with Crippen molar-refractivity contribution < 1.29 is 17.6 Å². The van der Waals surface area contributed by atoms with Gasteiger partial charge in [-0.3, -0.25) is 13.7 Å². The van der Waals surface area contributed by atoms with Crippen molar-refractivity contribution in [2.75, 3.05) is 16.6 Å². The van der Waals surface area contributed by atoms with Crippen LogP contribution in [-0.4, -0.2) is 37.2 Å². The molecule has 1 aromatic heterocycles. The van der Waals surface area contributed by atoms with Gasteiger partial charge >= 0.3 is 5.76 Å². The molecule has 1 N–H and O–H groups in total. The van der Waals surface area contributed by atoms with Crippen LogP contribution in [0.3, 0.4) is 0 Å². The Bertz CT molecular complexity index is 1240. The van der Waals surface area contributed by atoms with Crippen LogP contribution < -0.4 is 15.4 Å². The molecule has 1 atom stereocenters. The molecule has 0 unspecified atom stereocenters. The summed E-state index contributed by atoms with van der Waals surface area (Å²) in [7, 11) is -3.29. The SMILES string of the molecule is CC[C@H](Cn1c(=O)oc2ccccc21)NC(=O)c1ccc(N2CCCCS2(=O)=O)cc1. The Morgan fingerprint density at radius 1 is 1.13 bits per heavy atom. The fourth-order valence-electron chi connectivity index (χ4n) is 3.81. The number of hydrogen-bond donors (Lipinski definition) is 1. The third-order valence-corrected chi connectivity index (χ3v) is 7.44. The third kappa shape index (κ3) is 4.36. The van der Waals surface area contributed by atoms with Crippen LogP contribution in [-0.2, 0) is 16.6 Å². The highest BCUT2D eigenvalue weighted by molar-refractivity contribution is 7.92. The van der Waals surface area contributed by atoms with Crippen molar-refractivity contribution in [1.29, 1.82) is 0 Å². The minimum absolute atomic E-state index is 0.148. The number of amides is 1. The van der Waals surface area contributed by atoms with Crippen LogP contribution in [0.15, 0.2) is 57.7 Å². The Kier molecular flexibility index (Phi) is 5.86. The summed E-state index contributed by atoms with van der Waals surface area (Å²) >= 11 is 0. The number of benzene rings is 2. The van der Waals surface area contributed by atoms with Crippen LogP contribution in [0.25, 0.3) is 11.1 Å². The first kappa shape index (κ1) is 21.2. The minimum atomic E-state index is -3.29. The number of fused-ring (bicyclic) bond motifs is 1. The van der Waals surface area contributed by atoms with E-state index in [1.807, 2.05) is 19.1 Å². The molecule has 1 aliphatic heterocycles. The van der Waals surface area contributed by atoms with Crippen molar-refractivity contribution in [3.8, 4) is 0 Å². The maximum atomic E-state index is 12.8.